The third-order valence-electron chi connectivity index (χ3n) is 4.38. The quantitative estimate of drug-likeness (QED) is 0.263. The molecule has 2 fully saturated rings. The Morgan fingerprint density at radius 1 is 1.24 bits per heavy atom. The molecule has 0 aromatic heterocycles. The van der Waals surface area contributed by atoms with Crippen LogP contribution < -0.4 is 11.1 Å². The summed E-state index contributed by atoms with van der Waals surface area (Å²) in [4.78, 5) is 0. The molecule has 0 amide bonds. The van der Waals surface area contributed by atoms with Gasteiger partial charge in [0.05, 0.1) is 0 Å². The van der Waals surface area contributed by atoms with Gasteiger partial charge in [0.15, 0.2) is 0 Å². The minimum absolute atomic E-state index is 0.290. The molecule has 4 N–H and O–H groups in total. The first-order chi connectivity index (χ1) is 8.14. The summed E-state index contributed by atoms with van der Waals surface area (Å²) in [6.45, 7) is 4.44. The Bertz CT molecular complexity index is 293. The molecule has 0 heterocycles. The summed E-state index contributed by atoms with van der Waals surface area (Å²) in [5.74, 6) is 0.374. The molecule has 2 aliphatic rings. The van der Waals surface area contributed by atoms with Crippen molar-refractivity contribution in [1.82, 2.24) is 5.32 Å². The summed E-state index contributed by atoms with van der Waals surface area (Å²) in [5.41, 5.74) is 6.49. The van der Waals surface area contributed by atoms with Crippen LogP contribution in [0.3, 0.4) is 0 Å². The van der Waals surface area contributed by atoms with Crippen molar-refractivity contribution in [3.63, 3.8) is 0 Å². The van der Waals surface area contributed by atoms with Crippen LogP contribution in [0.2, 0.25) is 0 Å². The Hall–Kier alpha value is -0.770. The maximum atomic E-state index is 8.60. The number of hydrogen-bond donors (Lipinski definition) is 3. The molecule has 0 saturated heterocycles. The van der Waals surface area contributed by atoms with E-state index in [9.17, 15) is 0 Å². The average Bonchev–Trinajstić information content (AvgIpc) is 3.20. The van der Waals surface area contributed by atoms with Gasteiger partial charge in [0.25, 0.3) is 0 Å². The fraction of sp³-hybridized carbons (Fsp3) is 0.923. The fourth-order valence-corrected chi connectivity index (χ4v) is 2.83. The Kier molecular flexibility index (Phi) is 3.61. The van der Waals surface area contributed by atoms with Gasteiger partial charge >= 0.3 is 0 Å². The number of hydrogen-bond acceptors (Lipinski definition) is 3. The first-order valence-corrected chi connectivity index (χ1v) is 6.81. The lowest BCUT2D eigenvalue weighted by atomic mass is 9.98. The van der Waals surface area contributed by atoms with Gasteiger partial charge in [0.2, 0.25) is 0 Å². The third-order valence-corrected chi connectivity index (χ3v) is 4.38. The molecular formula is C13H25N3O. The number of rotatable bonds is 8. The van der Waals surface area contributed by atoms with Gasteiger partial charge in [-0.2, -0.15) is 0 Å². The highest BCUT2D eigenvalue weighted by Crippen LogP contribution is 2.51. The van der Waals surface area contributed by atoms with Crippen molar-refractivity contribution in [2.24, 2.45) is 21.7 Å². The Balaban J connectivity index is 1.68. The zero-order chi connectivity index (χ0) is 12.4. The maximum absolute atomic E-state index is 8.60. The fourth-order valence-electron chi connectivity index (χ4n) is 2.83. The monoisotopic (exact) mass is 239 g/mol. The van der Waals surface area contributed by atoms with Crippen LogP contribution in [-0.2, 0) is 0 Å². The van der Waals surface area contributed by atoms with Gasteiger partial charge in [-0.15, -0.1) is 0 Å². The number of amidine groups is 1. The summed E-state index contributed by atoms with van der Waals surface area (Å²) in [6.07, 6.45) is 8.57. The molecule has 2 aliphatic carbocycles. The third kappa shape index (κ3) is 3.35. The van der Waals surface area contributed by atoms with Crippen molar-refractivity contribution in [3.05, 3.63) is 0 Å². The largest absolute Gasteiger partial charge is 0.409 e. The number of nitrogens with two attached hydrogens (primary N) is 1. The Morgan fingerprint density at radius 3 is 2.29 bits per heavy atom. The zero-order valence-electron chi connectivity index (χ0n) is 10.8. The number of oxime groups is 1. The normalized spacial score (nSPS) is 24.6. The summed E-state index contributed by atoms with van der Waals surface area (Å²) in [6, 6.07) is 0. The van der Waals surface area contributed by atoms with Gasteiger partial charge < -0.3 is 16.3 Å². The second-order valence-corrected chi connectivity index (χ2v) is 6.12. The SMILES string of the molecule is CCCC1(CNCC2(CC(N)=NO)CC2)CC1. The van der Waals surface area contributed by atoms with Gasteiger partial charge in [0, 0.05) is 19.5 Å². The average molecular weight is 239 g/mol. The number of nitrogens with zero attached hydrogens (tertiary/aromatic N) is 1. The minimum Gasteiger partial charge on any atom is -0.409 e. The summed E-state index contributed by atoms with van der Waals surface area (Å²) in [7, 11) is 0. The van der Waals surface area contributed by atoms with E-state index in [1.54, 1.807) is 0 Å². The Morgan fingerprint density at radius 2 is 1.82 bits per heavy atom. The molecule has 4 heteroatoms. The molecule has 98 valence electrons. The molecule has 0 aliphatic heterocycles. The van der Waals surface area contributed by atoms with E-state index in [-0.39, 0.29) is 0 Å². The van der Waals surface area contributed by atoms with Crippen molar-refractivity contribution < 1.29 is 5.21 Å². The first-order valence-electron chi connectivity index (χ1n) is 6.81. The lowest BCUT2D eigenvalue weighted by molar-refractivity contribution is 0.313. The molecule has 4 nitrogen and oxygen atoms in total. The molecule has 0 atom stereocenters. The van der Waals surface area contributed by atoms with Crippen LogP contribution in [0.25, 0.3) is 0 Å². The molecule has 0 aromatic carbocycles. The molecule has 2 rings (SSSR count). The van der Waals surface area contributed by atoms with Crippen molar-refractivity contribution in [3.8, 4) is 0 Å². The smallest absolute Gasteiger partial charge is 0.139 e. The Labute approximate surface area is 104 Å². The van der Waals surface area contributed by atoms with Crippen molar-refractivity contribution in [1.29, 1.82) is 0 Å². The predicted molar refractivity (Wildman–Crippen MR) is 69.1 cm³/mol. The highest BCUT2D eigenvalue weighted by atomic mass is 16.4. The molecule has 17 heavy (non-hydrogen) atoms. The van der Waals surface area contributed by atoms with Crippen LogP contribution in [0.1, 0.15) is 51.9 Å². The van der Waals surface area contributed by atoms with Crippen molar-refractivity contribution >= 4 is 5.84 Å². The summed E-state index contributed by atoms with van der Waals surface area (Å²) in [5, 5.41) is 15.3. The second kappa shape index (κ2) is 4.84. The maximum Gasteiger partial charge on any atom is 0.139 e. The zero-order valence-corrected chi connectivity index (χ0v) is 10.8. The lowest BCUT2D eigenvalue weighted by Crippen LogP contribution is -2.32. The van der Waals surface area contributed by atoms with Crippen molar-refractivity contribution in [2.45, 2.75) is 51.9 Å². The van der Waals surface area contributed by atoms with E-state index in [1.165, 1.54) is 38.5 Å². The first kappa shape index (κ1) is 12.7. The van der Waals surface area contributed by atoms with E-state index in [1.807, 2.05) is 0 Å². The van der Waals surface area contributed by atoms with Gasteiger partial charge in [0.1, 0.15) is 5.84 Å². The van der Waals surface area contributed by atoms with Gasteiger partial charge in [-0.3, -0.25) is 0 Å². The van der Waals surface area contributed by atoms with Crippen molar-refractivity contribution in [2.75, 3.05) is 13.1 Å². The molecule has 0 bridgehead atoms. The van der Waals surface area contributed by atoms with E-state index < -0.39 is 0 Å². The van der Waals surface area contributed by atoms with Crippen LogP contribution in [0.5, 0.6) is 0 Å². The van der Waals surface area contributed by atoms with E-state index in [4.69, 9.17) is 10.9 Å². The molecule has 0 spiro atoms. The minimum atomic E-state index is 0.290. The summed E-state index contributed by atoms with van der Waals surface area (Å²) < 4.78 is 0. The van der Waals surface area contributed by atoms with E-state index in [2.05, 4.69) is 17.4 Å². The van der Waals surface area contributed by atoms with Gasteiger partial charge in [-0.05, 0) is 42.9 Å². The van der Waals surface area contributed by atoms with E-state index >= 15 is 0 Å². The second-order valence-electron chi connectivity index (χ2n) is 6.12. The molecule has 0 unspecified atom stereocenters. The standard InChI is InChI=1S/C13H25N3O/c1-2-3-12(4-5-12)9-15-10-13(6-7-13)8-11(14)16-17/h15,17H,2-10H2,1H3,(H2,14,16). The van der Waals surface area contributed by atoms with Crippen LogP contribution in [0, 0.1) is 10.8 Å². The van der Waals surface area contributed by atoms with E-state index in [0.29, 0.717) is 16.7 Å². The van der Waals surface area contributed by atoms with E-state index in [0.717, 1.165) is 19.5 Å². The summed E-state index contributed by atoms with van der Waals surface area (Å²) >= 11 is 0. The molecule has 0 radical (unpaired) electrons. The van der Waals surface area contributed by atoms with Crippen LogP contribution >= 0.6 is 0 Å². The topological polar surface area (TPSA) is 70.6 Å². The highest BCUT2D eigenvalue weighted by molar-refractivity contribution is 5.80. The molecular weight excluding hydrogens is 214 g/mol. The van der Waals surface area contributed by atoms with Crippen LogP contribution in [0.4, 0.5) is 0 Å². The van der Waals surface area contributed by atoms with Gasteiger partial charge in [-0.1, -0.05) is 18.5 Å². The predicted octanol–water partition coefficient (Wildman–Crippen LogP) is 2.07. The molecule has 2 saturated carbocycles. The molecule has 0 aromatic rings. The lowest BCUT2D eigenvalue weighted by Gasteiger charge is -2.19. The van der Waals surface area contributed by atoms with Crippen LogP contribution in [0.15, 0.2) is 5.16 Å². The number of nitrogens with one attached hydrogen (secondary N) is 1. The highest BCUT2D eigenvalue weighted by Gasteiger charge is 2.45. The van der Waals surface area contributed by atoms with Gasteiger partial charge in [-0.25, -0.2) is 0 Å². The van der Waals surface area contributed by atoms with Crippen LogP contribution in [-0.4, -0.2) is 24.1 Å².